The highest BCUT2D eigenvalue weighted by atomic mass is 32.2. The number of anilines is 1. The Balaban J connectivity index is 1.89. The van der Waals surface area contributed by atoms with Gasteiger partial charge >= 0.3 is 0 Å². The average molecular weight is 292 g/mol. The Kier molecular flexibility index (Phi) is 5.47. The number of nitrogens with one attached hydrogen (secondary N) is 1. The van der Waals surface area contributed by atoms with Crippen LogP contribution in [0.15, 0.2) is 30.3 Å². The Morgan fingerprint density at radius 2 is 2.15 bits per heavy atom. The lowest BCUT2D eigenvalue weighted by atomic mass is 10.1. The normalized spacial score (nSPS) is 18.4. The van der Waals surface area contributed by atoms with Gasteiger partial charge in [-0.25, -0.2) is 0 Å². The van der Waals surface area contributed by atoms with E-state index in [1.165, 1.54) is 0 Å². The maximum atomic E-state index is 12.3. The predicted molar refractivity (Wildman–Crippen MR) is 82.9 cm³/mol. The van der Waals surface area contributed by atoms with Crippen LogP contribution in [-0.4, -0.2) is 36.9 Å². The zero-order valence-electron chi connectivity index (χ0n) is 11.7. The van der Waals surface area contributed by atoms with E-state index >= 15 is 0 Å². The minimum absolute atomic E-state index is 0.0847. The van der Waals surface area contributed by atoms with Crippen LogP contribution >= 0.6 is 11.8 Å². The molecular formula is C15H20N2O2S. The first kappa shape index (κ1) is 14.9. The number of rotatable bonds is 6. The van der Waals surface area contributed by atoms with Crippen molar-refractivity contribution in [2.45, 2.75) is 12.8 Å². The molecule has 1 aromatic carbocycles. The van der Waals surface area contributed by atoms with E-state index < -0.39 is 5.92 Å². The van der Waals surface area contributed by atoms with Crippen molar-refractivity contribution in [3.63, 3.8) is 0 Å². The van der Waals surface area contributed by atoms with Crippen molar-refractivity contribution in [1.82, 2.24) is 5.32 Å². The zero-order valence-corrected chi connectivity index (χ0v) is 12.5. The molecule has 0 spiro atoms. The summed E-state index contributed by atoms with van der Waals surface area (Å²) >= 11 is 1.76. The minimum atomic E-state index is -0.524. The fraction of sp³-hybridized carbons (Fsp3) is 0.467. The fourth-order valence-electron chi connectivity index (χ4n) is 2.34. The molecule has 1 heterocycles. The number of thioether (sulfide) groups is 1. The van der Waals surface area contributed by atoms with Gasteiger partial charge in [0.2, 0.25) is 11.8 Å². The molecule has 1 saturated heterocycles. The largest absolute Gasteiger partial charge is 0.355 e. The van der Waals surface area contributed by atoms with E-state index in [-0.39, 0.29) is 11.8 Å². The molecule has 0 radical (unpaired) electrons. The number of amides is 2. The summed E-state index contributed by atoms with van der Waals surface area (Å²) in [6.45, 7) is 1.26. The van der Waals surface area contributed by atoms with E-state index in [2.05, 4.69) is 5.32 Å². The minimum Gasteiger partial charge on any atom is -0.355 e. The highest BCUT2D eigenvalue weighted by Gasteiger charge is 2.37. The highest BCUT2D eigenvalue weighted by Crippen LogP contribution is 2.24. The van der Waals surface area contributed by atoms with Gasteiger partial charge in [-0.2, -0.15) is 11.8 Å². The summed E-state index contributed by atoms with van der Waals surface area (Å²) in [6.07, 6.45) is 3.58. The van der Waals surface area contributed by atoms with Crippen LogP contribution < -0.4 is 10.2 Å². The van der Waals surface area contributed by atoms with Crippen LogP contribution in [-0.2, 0) is 9.59 Å². The number of nitrogens with zero attached hydrogens (tertiary/aromatic N) is 1. The van der Waals surface area contributed by atoms with Crippen molar-refractivity contribution in [3.05, 3.63) is 30.3 Å². The van der Waals surface area contributed by atoms with Crippen LogP contribution in [0, 0.1) is 5.92 Å². The maximum absolute atomic E-state index is 12.3. The van der Waals surface area contributed by atoms with Gasteiger partial charge in [0, 0.05) is 18.8 Å². The first-order valence-electron chi connectivity index (χ1n) is 6.87. The summed E-state index contributed by atoms with van der Waals surface area (Å²) in [7, 11) is 0. The van der Waals surface area contributed by atoms with Gasteiger partial charge < -0.3 is 10.2 Å². The van der Waals surface area contributed by atoms with Gasteiger partial charge in [-0.1, -0.05) is 18.2 Å². The van der Waals surface area contributed by atoms with Gasteiger partial charge in [-0.15, -0.1) is 0 Å². The lowest BCUT2D eigenvalue weighted by molar-refractivity contribution is -0.132. The molecule has 5 heteroatoms. The molecule has 20 heavy (non-hydrogen) atoms. The topological polar surface area (TPSA) is 49.4 Å². The van der Waals surface area contributed by atoms with Crippen molar-refractivity contribution in [2.75, 3.05) is 30.0 Å². The summed E-state index contributed by atoms with van der Waals surface area (Å²) in [4.78, 5) is 26.0. The van der Waals surface area contributed by atoms with E-state index in [1.54, 1.807) is 16.7 Å². The van der Waals surface area contributed by atoms with Crippen molar-refractivity contribution < 1.29 is 9.59 Å². The molecule has 0 unspecified atom stereocenters. The Hall–Kier alpha value is -1.49. The summed E-state index contributed by atoms with van der Waals surface area (Å²) in [6, 6.07) is 9.52. The molecule has 4 nitrogen and oxygen atoms in total. The highest BCUT2D eigenvalue weighted by molar-refractivity contribution is 7.98. The third-order valence-electron chi connectivity index (χ3n) is 3.41. The molecule has 1 aromatic rings. The molecule has 1 aliphatic heterocycles. The van der Waals surface area contributed by atoms with Crippen LogP contribution in [0.25, 0.3) is 0 Å². The van der Waals surface area contributed by atoms with Crippen LogP contribution in [0.4, 0.5) is 5.69 Å². The van der Waals surface area contributed by atoms with E-state index in [0.717, 1.165) is 17.9 Å². The molecule has 108 valence electrons. The van der Waals surface area contributed by atoms with E-state index in [9.17, 15) is 9.59 Å². The van der Waals surface area contributed by atoms with Gasteiger partial charge in [0.05, 0.1) is 0 Å². The molecule has 1 N–H and O–H groups in total. The first-order valence-corrected chi connectivity index (χ1v) is 8.26. The molecule has 1 atom stereocenters. The molecule has 2 amide bonds. The molecule has 2 rings (SSSR count). The average Bonchev–Trinajstić information content (AvgIpc) is 2.86. The maximum Gasteiger partial charge on any atom is 0.239 e. The second-order valence-corrected chi connectivity index (χ2v) is 5.79. The quantitative estimate of drug-likeness (QED) is 0.643. The summed E-state index contributed by atoms with van der Waals surface area (Å²) in [5, 5.41) is 2.86. The molecule has 1 fully saturated rings. The van der Waals surface area contributed by atoms with Crippen molar-refractivity contribution in [2.24, 2.45) is 5.92 Å². The van der Waals surface area contributed by atoms with Crippen LogP contribution in [0.5, 0.6) is 0 Å². The van der Waals surface area contributed by atoms with Crippen molar-refractivity contribution in [1.29, 1.82) is 0 Å². The van der Waals surface area contributed by atoms with E-state index in [4.69, 9.17) is 0 Å². The molecular weight excluding hydrogens is 272 g/mol. The predicted octanol–water partition coefficient (Wildman–Crippen LogP) is 1.91. The summed E-state index contributed by atoms with van der Waals surface area (Å²) in [5.74, 6) is 0.285. The number of benzene rings is 1. The SMILES string of the molecule is CSCCCNC(=O)[C@H]1CCN(c2ccccc2)C1=O. The molecule has 0 aliphatic carbocycles. The van der Waals surface area contributed by atoms with Crippen LogP contribution in [0.2, 0.25) is 0 Å². The Morgan fingerprint density at radius 1 is 1.40 bits per heavy atom. The van der Waals surface area contributed by atoms with Gasteiger partial charge in [-0.05, 0) is 37.0 Å². The lowest BCUT2D eigenvalue weighted by Gasteiger charge is -2.16. The third kappa shape index (κ3) is 3.54. The fourth-order valence-corrected chi connectivity index (χ4v) is 2.77. The van der Waals surface area contributed by atoms with Crippen molar-refractivity contribution in [3.8, 4) is 0 Å². The monoisotopic (exact) mass is 292 g/mol. The molecule has 0 bridgehead atoms. The molecule has 1 aliphatic rings. The summed E-state index contributed by atoms with van der Waals surface area (Å²) < 4.78 is 0. The Bertz CT molecular complexity index is 464. The standard InChI is InChI=1S/C15H20N2O2S/c1-20-11-5-9-16-14(18)13-8-10-17(15(13)19)12-6-3-2-4-7-12/h2-4,6-7,13H,5,8-11H2,1H3,(H,16,18)/t13-/m1/s1. The van der Waals surface area contributed by atoms with E-state index in [0.29, 0.717) is 19.5 Å². The second kappa shape index (κ2) is 7.33. The van der Waals surface area contributed by atoms with Gasteiger partial charge in [0.1, 0.15) is 5.92 Å². The smallest absolute Gasteiger partial charge is 0.239 e. The molecule has 0 saturated carbocycles. The van der Waals surface area contributed by atoms with Gasteiger partial charge in [0.25, 0.3) is 0 Å². The number of para-hydroxylation sites is 1. The number of carbonyl (C=O) groups is 2. The summed E-state index contributed by atoms with van der Waals surface area (Å²) in [5.41, 5.74) is 0.871. The van der Waals surface area contributed by atoms with Gasteiger partial charge in [0.15, 0.2) is 0 Å². The first-order chi connectivity index (χ1) is 9.74. The van der Waals surface area contributed by atoms with Gasteiger partial charge in [-0.3, -0.25) is 9.59 Å². The third-order valence-corrected chi connectivity index (χ3v) is 4.11. The second-order valence-electron chi connectivity index (χ2n) is 4.80. The number of hydrogen-bond donors (Lipinski definition) is 1. The lowest BCUT2D eigenvalue weighted by Crippen LogP contribution is -2.37. The molecule has 0 aromatic heterocycles. The van der Waals surface area contributed by atoms with E-state index in [1.807, 2.05) is 36.6 Å². The van der Waals surface area contributed by atoms with Crippen molar-refractivity contribution >= 4 is 29.3 Å². The number of carbonyl (C=O) groups excluding carboxylic acids is 2. The Morgan fingerprint density at radius 3 is 2.85 bits per heavy atom. The zero-order chi connectivity index (χ0) is 14.4. The van der Waals surface area contributed by atoms with Crippen LogP contribution in [0.3, 0.4) is 0 Å². The number of hydrogen-bond acceptors (Lipinski definition) is 3. The Labute approximate surface area is 123 Å². The van der Waals surface area contributed by atoms with Crippen LogP contribution in [0.1, 0.15) is 12.8 Å².